The summed E-state index contributed by atoms with van der Waals surface area (Å²) in [6.07, 6.45) is 1.26. The molecule has 0 heterocycles. The molecule has 0 saturated heterocycles. The first kappa shape index (κ1) is 13.8. The van der Waals surface area contributed by atoms with E-state index >= 15 is 0 Å². The minimum absolute atomic E-state index is 0.338. The molecule has 1 aliphatic rings. The van der Waals surface area contributed by atoms with E-state index in [2.05, 4.69) is 35.6 Å². The number of rotatable bonds is 6. The van der Waals surface area contributed by atoms with Crippen LogP contribution in [0.25, 0.3) is 0 Å². The Bertz CT molecular complexity index is 607. The van der Waals surface area contributed by atoms with Gasteiger partial charge < -0.3 is 10.4 Å². The second-order valence-corrected chi connectivity index (χ2v) is 5.65. The molecule has 3 nitrogen and oxygen atoms in total. The van der Waals surface area contributed by atoms with Gasteiger partial charge in [0.05, 0.1) is 5.56 Å². The summed E-state index contributed by atoms with van der Waals surface area (Å²) in [7, 11) is 0. The molecule has 108 valence electrons. The van der Waals surface area contributed by atoms with Crippen LogP contribution in [0.1, 0.15) is 33.8 Å². The molecule has 0 bridgehead atoms. The second kappa shape index (κ2) is 6.10. The highest BCUT2D eigenvalue weighted by Crippen LogP contribution is 2.46. The molecule has 1 aliphatic carbocycles. The Balaban J connectivity index is 1.44. The molecule has 3 heteroatoms. The van der Waals surface area contributed by atoms with Crippen LogP contribution in [0.4, 0.5) is 0 Å². The average molecular weight is 281 g/mol. The van der Waals surface area contributed by atoms with E-state index in [1.165, 1.54) is 12.0 Å². The number of carbonyl (C=O) groups is 1. The van der Waals surface area contributed by atoms with Crippen molar-refractivity contribution in [3.8, 4) is 0 Å². The molecular weight excluding hydrogens is 262 g/mol. The van der Waals surface area contributed by atoms with Crippen molar-refractivity contribution >= 4 is 5.97 Å². The molecule has 2 aromatic carbocycles. The first-order chi connectivity index (χ1) is 10.2. The van der Waals surface area contributed by atoms with Gasteiger partial charge in [-0.05, 0) is 48.1 Å². The van der Waals surface area contributed by atoms with Crippen LogP contribution in [0.2, 0.25) is 0 Å². The lowest BCUT2D eigenvalue weighted by atomic mass is 10.1. The highest BCUT2D eigenvalue weighted by molar-refractivity contribution is 5.87. The van der Waals surface area contributed by atoms with E-state index in [9.17, 15) is 4.79 Å². The molecule has 21 heavy (non-hydrogen) atoms. The molecule has 0 aliphatic heterocycles. The zero-order chi connectivity index (χ0) is 14.7. The largest absolute Gasteiger partial charge is 0.478 e. The number of aromatic carboxylic acids is 1. The summed E-state index contributed by atoms with van der Waals surface area (Å²) in [6.45, 7) is 1.80. The Morgan fingerprint density at radius 1 is 1.10 bits per heavy atom. The third-order valence-electron chi connectivity index (χ3n) is 4.09. The molecule has 2 aromatic rings. The van der Waals surface area contributed by atoms with Crippen LogP contribution in [-0.4, -0.2) is 17.6 Å². The average Bonchev–Trinajstić information content (AvgIpc) is 3.28. The highest BCUT2D eigenvalue weighted by atomic mass is 16.4. The normalized spacial score (nSPS) is 20.2. The molecule has 2 N–H and O–H groups in total. The molecule has 1 saturated carbocycles. The molecule has 0 amide bonds. The summed E-state index contributed by atoms with van der Waals surface area (Å²) in [6, 6.07) is 17.7. The highest BCUT2D eigenvalue weighted by Gasteiger charge is 2.37. The van der Waals surface area contributed by atoms with Gasteiger partial charge in [0.15, 0.2) is 0 Å². The fourth-order valence-electron chi connectivity index (χ4n) is 2.75. The lowest BCUT2D eigenvalue weighted by Gasteiger charge is -2.05. The Morgan fingerprint density at radius 2 is 1.81 bits per heavy atom. The minimum atomic E-state index is -0.877. The van der Waals surface area contributed by atoms with Crippen molar-refractivity contribution in [3.05, 3.63) is 71.3 Å². The maximum atomic E-state index is 10.8. The van der Waals surface area contributed by atoms with Crippen molar-refractivity contribution in [2.24, 2.45) is 5.92 Å². The third-order valence-corrected chi connectivity index (χ3v) is 4.09. The number of nitrogens with one attached hydrogen (secondary N) is 1. The Kier molecular flexibility index (Phi) is 4.02. The van der Waals surface area contributed by atoms with E-state index in [4.69, 9.17) is 5.11 Å². The van der Waals surface area contributed by atoms with E-state index in [0.717, 1.165) is 24.6 Å². The van der Waals surface area contributed by atoms with Crippen LogP contribution in [-0.2, 0) is 6.54 Å². The van der Waals surface area contributed by atoms with E-state index in [1.54, 1.807) is 12.1 Å². The lowest BCUT2D eigenvalue weighted by Crippen LogP contribution is -2.16. The van der Waals surface area contributed by atoms with Crippen molar-refractivity contribution in [2.75, 3.05) is 6.54 Å². The van der Waals surface area contributed by atoms with E-state index in [0.29, 0.717) is 11.5 Å². The topological polar surface area (TPSA) is 49.3 Å². The number of hydrogen-bond donors (Lipinski definition) is 2. The van der Waals surface area contributed by atoms with Crippen molar-refractivity contribution in [2.45, 2.75) is 18.9 Å². The maximum Gasteiger partial charge on any atom is 0.335 e. The van der Waals surface area contributed by atoms with Crippen molar-refractivity contribution < 1.29 is 9.90 Å². The summed E-state index contributed by atoms with van der Waals surface area (Å²) >= 11 is 0. The molecule has 3 rings (SSSR count). The van der Waals surface area contributed by atoms with Gasteiger partial charge in [0.2, 0.25) is 0 Å². The lowest BCUT2D eigenvalue weighted by molar-refractivity contribution is 0.0697. The van der Waals surface area contributed by atoms with E-state index < -0.39 is 5.97 Å². The van der Waals surface area contributed by atoms with Crippen LogP contribution >= 0.6 is 0 Å². The third kappa shape index (κ3) is 3.50. The van der Waals surface area contributed by atoms with Gasteiger partial charge in [-0.25, -0.2) is 4.79 Å². The molecule has 1 fully saturated rings. The predicted molar refractivity (Wildman–Crippen MR) is 82.4 cm³/mol. The quantitative estimate of drug-likeness (QED) is 0.854. The zero-order valence-corrected chi connectivity index (χ0v) is 11.8. The van der Waals surface area contributed by atoms with Crippen LogP contribution in [0.3, 0.4) is 0 Å². The fraction of sp³-hybridized carbons (Fsp3) is 0.278. The van der Waals surface area contributed by atoms with Crippen molar-refractivity contribution in [1.29, 1.82) is 0 Å². The van der Waals surface area contributed by atoms with Gasteiger partial charge >= 0.3 is 5.97 Å². The standard InChI is InChI=1S/C18H19NO2/c20-18(21)15-8-6-13(7-9-15)11-19-12-16-10-17(16)14-4-2-1-3-5-14/h1-9,16-17,19H,10-12H2,(H,20,21). The van der Waals surface area contributed by atoms with Gasteiger partial charge in [-0.15, -0.1) is 0 Å². The van der Waals surface area contributed by atoms with Gasteiger partial charge in [0, 0.05) is 6.54 Å². The second-order valence-electron chi connectivity index (χ2n) is 5.65. The molecule has 0 spiro atoms. The van der Waals surface area contributed by atoms with Gasteiger partial charge in [0.25, 0.3) is 0 Å². The van der Waals surface area contributed by atoms with E-state index in [1.807, 2.05) is 12.1 Å². The summed E-state index contributed by atoms with van der Waals surface area (Å²) in [5, 5.41) is 12.3. The summed E-state index contributed by atoms with van der Waals surface area (Å²) in [5.74, 6) is 0.553. The van der Waals surface area contributed by atoms with Crippen LogP contribution in [0.5, 0.6) is 0 Å². The number of hydrogen-bond acceptors (Lipinski definition) is 2. The Labute approximate surface area is 124 Å². The number of carboxylic acid groups (broad SMARTS) is 1. The molecule has 2 unspecified atom stereocenters. The summed E-state index contributed by atoms with van der Waals surface area (Å²) in [4.78, 5) is 10.8. The van der Waals surface area contributed by atoms with Crippen LogP contribution in [0.15, 0.2) is 54.6 Å². The van der Waals surface area contributed by atoms with Crippen LogP contribution in [0, 0.1) is 5.92 Å². The first-order valence-electron chi connectivity index (χ1n) is 7.32. The molecule has 0 aromatic heterocycles. The Morgan fingerprint density at radius 3 is 2.48 bits per heavy atom. The zero-order valence-electron chi connectivity index (χ0n) is 11.8. The maximum absolute atomic E-state index is 10.8. The van der Waals surface area contributed by atoms with Gasteiger partial charge in [-0.3, -0.25) is 0 Å². The molecule has 0 radical (unpaired) electrons. The van der Waals surface area contributed by atoms with Gasteiger partial charge in [-0.2, -0.15) is 0 Å². The monoisotopic (exact) mass is 281 g/mol. The number of carboxylic acids is 1. The fourth-order valence-corrected chi connectivity index (χ4v) is 2.75. The van der Waals surface area contributed by atoms with Crippen molar-refractivity contribution in [3.63, 3.8) is 0 Å². The molecule has 2 atom stereocenters. The van der Waals surface area contributed by atoms with Gasteiger partial charge in [0.1, 0.15) is 0 Å². The van der Waals surface area contributed by atoms with Crippen LogP contribution < -0.4 is 5.32 Å². The smallest absolute Gasteiger partial charge is 0.335 e. The molecular formula is C18H19NO2. The number of benzene rings is 2. The Hall–Kier alpha value is -2.13. The SMILES string of the molecule is O=C(O)c1ccc(CNCC2CC2c2ccccc2)cc1. The summed E-state index contributed by atoms with van der Waals surface area (Å²) < 4.78 is 0. The van der Waals surface area contributed by atoms with E-state index in [-0.39, 0.29) is 0 Å². The predicted octanol–water partition coefficient (Wildman–Crippen LogP) is 3.28. The van der Waals surface area contributed by atoms with Crippen molar-refractivity contribution in [1.82, 2.24) is 5.32 Å². The van der Waals surface area contributed by atoms with Gasteiger partial charge in [-0.1, -0.05) is 42.5 Å². The summed E-state index contributed by atoms with van der Waals surface area (Å²) in [5.41, 5.74) is 2.90. The first-order valence-corrected chi connectivity index (χ1v) is 7.32. The minimum Gasteiger partial charge on any atom is -0.478 e.